The zero-order chi connectivity index (χ0) is 30.8. The molecule has 3 aromatic carbocycles. The van der Waals surface area contributed by atoms with Crippen LogP contribution in [0.25, 0.3) is 17.5 Å². The molecular formula is C33H31F4NO5. The average molecular weight is 598 g/mol. The highest BCUT2D eigenvalue weighted by Gasteiger charge is 2.30. The number of carbonyl (C=O) groups excluding carboxylic acids is 1. The third-order valence-corrected chi connectivity index (χ3v) is 6.38. The second kappa shape index (κ2) is 14.5. The van der Waals surface area contributed by atoms with Gasteiger partial charge in [-0.2, -0.15) is 13.2 Å². The van der Waals surface area contributed by atoms with Crippen molar-refractivity contribution >= 4 is 12.0 Å². The van der Waals surface area contributed by atoms with Gasteiger partial charge in [-0.25, -0.2) is 14.2 Å². The van der Waals surface area contributed by atoms with Crippen molar-refractivity contribution < 1.29 is 41.0 Å². The Labute approximate surface area is 246 Å². The van der Waals surface area contributed by atoms with Crippen molar-refractivity contribution in [2.24, 2.45) is 0 Å². The Morgan fingerprint density at radius 1 is 1.05 bits per heavy atom. The number of hydrogen-bond donors (Lipinski definition) is 0. The summed E-state index contributed by atoms with van der Waals surface area (Å²) in [4.78, 5) is 17.0. The number of ether oxygens (including phenoxy) is 3. The van der Waals surface area contributed by atoms with Crippen LogP contribution in [0.5, 0.6) is 11.5 Å². The number of benzene rings is 3. The molecule has 0 saturated carbocycles. The van der Waals surface area contributed by atoms with E-state index < -0.39 is 29.6 Å². The molecule has 1 aromatic heterocycles. The first-order valence-electron chi connectivity index (χ1n) is 13.7. The first-order chi connectivity index (χ1) is 20.6. The molecule has 0 aliphatic rings. The predicted molar refractivity (Wildman–Crippen MR) is 153 cm³/mol. The number of halogens is 4. The molecule has 6 nitrogen and oxygen atoms in total. The quantitative estimate of drug-likeness (QED) is 0.114. The Bertz CT molecular complexity index is 1510. The van der Waals surface area contributed by atoms with Gasteiger partial charge in [-0.1, -0.05) is 30.4 Å². The molecule has 226 valence electrons. The van der Waals surface area contributed by atoms with Gasteiger partial charge in [0.1, 0.15) is 23.1 Å². The molecule has 1 heterocycles. The highest BCUT2D eigenvalue weighted by Crippen LogP contribution is 2.31. The fraction of sp³-hybridized carbons (Fsp3) is 0.273. The van der Waals surface area contributed by atoms with E-state index in [1.54, 1.807) is 19.1 Å². The van der Waals surface area contributed by atoms with Crippen molar-refractivity contribution in [3.05, 3.63) is 107 Å². The lowest BCUT2D eigenvalue weighted by atomic mass is 10.1. The molecule has 0 aliphatic carbocycles. The summed E-state index contributed by atoms with van der Waals surface area (Å²) >= 11 is 0. The Morgan fingerprint density at radius 3 is 2.49 bits per heavy atom. The summed E-state index contributed by atoms with van der Waals surface area (Å²) in [6.07, 6.45) is -1.13. The zero-order valence-electron chi connectivity index (χ0n) is 23.7. The second-order valence-electron chi connectivity index (χ2n) is 9.53. The molecule has 10 heteroatoms. The minimum Gasteiger partial charge on any atom is -0.493 e. The average Bonchev–Trinajstić information content (AvgIpc) is 3.36. The van der Waals surface area contributed by atoms with Crippen LogP contribution in [0.4, 0.5) is 17.6 Å². The SMILES string of the molecule is CCOC(=O)C(CC/C=C/c1cc(F)ccc1OCCc1nc(-c2ccccc2)oc1C)Oc1ccc(C(F)(F)F)cc1. The Kier molecular flexibility index (Phi) is 10.6. The molecule has 0 radical (unpaired) electrons. The maximum atomic E-state index is 14.1. The first kappa shape index (κ1) is 31.3. The van der Waals surface area contributed by atoms with Gasteiger partial charge >= 0.3 is 12.1 Å². The van der Waals surface area contributed by atoms with Crippen molar-refractivity contribution in [3.63, 3.8) is 0 Å². The van der Waals surface area contributed by atoms with Crippen LogP contribution in [0.2, 0.25) is 0 Å². The number of rotatable bonds is 13. The monoisotopic (exact) mass is 597 g/mol. The van der Waals surface area contributed by atoms with Gasteiger partial charge in [-0.05, 0) is 81.3 Å². The fourth-order valence-corrected chi connectivity index (χ4v) is 4.21. The Hall–Kier alpha value is -4.60. The van der Waals surface area contributed by atoms with E-state index in [9.17, 15) is 22.4 Å². The largest absolute Gasteiger partial charge is 0.493 e. The maximum absolute atomic E-state index is 14.1. The number of carbonyl (C=O) groups is 1. The first-order valence-corrected chi connectivity index (χ1v) is 13.7. The van der Waals surface area contributed by atoms with Crippen LogP contribution in [0, 0.1) is 12.7 Å². The van der Waals surface area contributed by atoms with Gasteiger partial charge < -0.3 is 18.6 Å². The van der Waals surface area contributed by atoms with Crippen LogP contribution in [0.1, 0.15) is 42.3 Å². The van der Waals surface area contributed by atoms with Gasteiger partial charge in [0.15, 0.2) is 6.10 Å². The van der Waals surface area contributed by atoms with E-state index in [1.165, 1.54) is 18.2 Å². The molecule has 1 unspecified atom stereocenters. The molecule has 0 aliphatic heterocycles. The predicted octanol–water partition coefficient (Wildman–Crippen LogP) is 8.23. The fourth-order valence-electron chi connectivity index (χ4n) is 4.21. The maximum Gasteiger partial charge on any atom is 0.416 e. The van der Waals surface area contributed by atoms with Gasteiger partial charge in [-0.3, -0.25) is 0 Å². The minimum absolute atomic E-state index is 0.106. The van der Waals surface area contributed by atoms with Crippen molar-refractivity contribution in [1.82, 2.24) is 4.98 Å². The molecule has 4 aromatic rings. The van der Waals surface area contributed by atoms with Crippen molar-refractivity contribution in [1.29, 1.82) is 0 Å². The molecule has 0 N–H and O–H groups in total. The third-order valence-electron chi connectivity index (χ3n) is 6.38. The summed E-state index contributed by atoms with van der Waals surface area (Å²) in [5.41, 5.74) is 1.31. The van der Waals surface area contributed by atoms with Crippen LogP contribution >= 0.6 is 0 Å². The van der Waals surface area contributed by atoms with Crippen molar-refractivity contribution in [2.45, 2.75) is 45.4 Å². The summed E-state index contributed by atoms with van der Waals surface area (Å²) in [5, 5.41) is 0. The molecular weight excluding hydrogens is 566 g/mol. The molecule has 1 atom stereocenters. The van der Waals surface area contributed by atoms with E-state index in [2.05, 4.69) is 4.98 Å². The topological polar surface area (TPSA) is 70.8 Å². The van der Waals surface area contributed by atoms with Gasteiger partial charge in [0.2, 0.25) is 5.89 Å². The van der Waals surface area contributed by atoms with E-state index in [-0.39, 0.29) is 25.4 Å². The number of oxazole rings is 1. The molecule has 0 amide bonds. The summed E-state index contributed by atoms with van der Waals surface area (Å²) in [6.45, 7) is 3.88. The zero-order valence-corrected chi connectivity index (χ0v) is 23.7. The Balaban J connectivity index is 1.36. The second-order valence-corrected chi connectivity index (χ2v) is 9.53. The smallest absolute Gasteiger partial charge is 0.416 e. The van der Waals surface area contributed by atoms with E-state index in [4.69, 9.17) is 18.6 Å². The normalized spacial score (nSPS) is 12.3. The van der Waals surface area contributed by atoms with E-state index in [1.807, 2.05) is 37.3 Å². The summed E-state index contributed by atoms with van der Waals surface area (Å²) in [7, 11) is 0. The van der Waals surface area contributed by atoms with E-state index in [0.29, 0.717) is 35.8 Å². The van der Waals surface area contributed by atoms with Gasteiger partial charge in [-0.15, -0.1) is 0 Å². The standard InChI is InChI=1S/C33H31F4NO5/c1-3-40-32(39)30(43-27-16-13-25(14-17-27)33(35,36)37)12-8-7-11-24-21-26(34)15-18-29(24)41-20-19-28-22(2)42-31(38-28)23-9-5-4-6-10-23/h4-7,9-11,13-18,21,30H,3,8,12,19-20H2,1-2H3/b11-7+. The number of aromatic nitrogens is 1. The van der Waals surface area contributed by atoms with Crippen molar-refractivity contribution in [3.8, 4) is 23.0 Å². The van der Waals surface area contributed by atoms with Crippen LogP contribution in [-0.2, 0) is 22.1 Å². The molecule has 4 rings (SSSR count). The summed E-state index contributed by atoms with van der Waals surface area (Å²) in [6, 6.07) is 17.8. The molecule has 43 heavy (non-hydrogen) atoms. The van der Waals surface area contributed by atoms with Gasteiger partial charge in [0.05, 0.1) is 24.5 Å². The number of hydrogen-bond acceptors (Lipinski definition) is 6. The summed E-state index contributed by atoms with van der Waals surface area (Å²) in [5.74, 6) is 0.712. The van der Waals surface area contributed by atoms with E-state index >= 15 is 0 Å². The highest BCUT2D eigenvalue weighted by molar-refractivity contribution is 5.75. The molecule has 0 saturated heterocycles. The van der Waals surface area contributed by atoms with Gasteiger partial charge in [0.25, 0.3) is 0 Å². The number of allylic oxidation sites excluding steroid dienone is 1. The third kappa shape index (κ3) is 8.94. The van der Waals surface area contributed by atoms with Crippen LogP contribution < -0.4 is 9.47 Å². The highest BCUT2D eigenvalue weighted by atomic mass is 19.4. The van der Waals surface area contributed by atoms with E-state index in [0.717, 1.165) is 35.5 Å². The number of aryl methyl sites for hydroxylation is 1. The molecule has 0 spiro atoms. The van der Waals surface area contributed by atoms with Crippen molar-refractivity contribution in [2.75, 3.05) is 13.2 Å². The molecule has 0 fully saturated rings. The minimum atomic E-state index is -4.48. The van der Waals surface area contributed by atoms with Crippen LogP contribution in [-0.4, -0.2) is 30.3 Å². The number of esters is 1. The lowest BCUT2D eigenvalue weighted by Crippen LogP contribution is -2.29. The Morgan fingerprint density at radius 2 is 1.79 bits per heavy atom. The lowest BCUT2D eigenvalue weighted by molar-refractivity contribution is -0.151. The van der Waals surface area contributed by atoms with Gasteiger partial charge in [0, 0.05) is 17.5 Å². The lowest BCUT2D eigenvalue weighted by Gasteiger charge is -2.17. The van der Waals surface area contributed by atoms with Crippen LogP contribution in [0.15, 0.2) is 83.3 Å². The summed E-state index contributed by atoms with van der Waals surface area (Å²) < 4.78 is 75.1. The van der Waals surface area contributed by atoms with Crippen LogP contribution in [0.3, 0.4) is 0 Å². The molecule has 0 bridgehead atoms. The number of nitrogens with zero attached hydrogens (tertiary/aromatic N) is 1. The number of alkyl halides is 3.